The van der Waals surface area contributed by atoms with E-state index in [-0.39, 0.29) is 11.8 Å². The van der Waals surface area contributed by atoms with Crippen molar-refractivity contribution in [3.8, 4) is 0 Å². The summed E-state index contributed by atoms with van der Waals surface area (Å²) in [5.74, 6) is -0.107. The lowest BCUT2D eigenvalue weighted by Crippen LogP contribution is -2.31. The highest BCUT2D eigenvalue weighted by molar-refractivity contribution is 5.92. The monoisotopic (exact) mass is 259 g/mol. The lowest BCUT2D eigenvalue weighted by atomic mass is 9.94. The van der Waals surface area contributed by atoms with Crippen LogP contribution in [0.1, 0.15) is 31.2 Å². The number of nitrogens with two attached hydrogens (primary N) is 1. The summed E-state index contributed by atoms with van der Waals surface area (Å²) >= 11 is 0. The number of fused-ring (bicyclic) bond motifs is 1. The van der Waals surface area contributed by atoms with Crippen LogP contribution >= 0.6 is 0 Å². The van der Waals surface area contributed by atoms with Gasteiger partial charge in [-0.25, -0.2) is 0 Å². The van der Waals surface area contributed by atoms with E-state index in [4.69, 9.17) is 5.73 Å². The van der Waals surface area contributed by atoms with Gasteiger partial charge in [-0.15, -0.1) is 0 Å². The van der Waals surface area contributed by atoms with Crippen LogP contribution in [0.25, 0.3) is 10.9 Å². The molecule has 19 heavy (non-hydrogen) atoms. The molecule has 0 saturated carbocycles. The zero-order valence-corrected chi connectivity index (χ0v) is 11.3. The van der Waals surface area contributed by atoms with Gasteiger partial charge in [-0.2, -0.15) is 0 Å². The fraction of sp³-hybridized carbons (Fsp3) is 0.400. The third-order valence-electron chi connectivity index (χ3n) is 3.32. The number of aromatic amines is 1. The number of hydrogen-bond donors (Lipinski definition) is 3. The molecule has 0 spiro atoms. The number of rotatable bonds is 6. The van der Waals surface area contributed by atoms with E-state index >= 15 is 0 Å². The van der Waals surface area contributed by atoms with Crippen molar-refractivity contribution in [3.05, 3.63) is 36.0 Å². The van der Waals surface area contributed by atoms with Crippen molar-refractivity contribution in [1.29, 1.82) is 0 Å². The Kier molecular flexibility index (Phi) is 4.58. The van der Waals surface area contributed by atoms with Crippen molar-refractivity contribution in [2.75, 3.05) is 13.1 Å². The number of amides is 1. The molecule has 2 rings (SSSR count). The third kappa shape index (κ3) is 2.96. The van der Waals surface area contributed by atoms with Gasteiger partial charge in [-0.05, 0) is 31.0 Å². The Labute approximate surface area is 113 Å². The molecule has 1 atom stereocenters. The minimum atomic E-state index is -0.173. The van der Waals surface area contributed by atoms with E-state index in [0.717, 1.165) is 22.9 Å². The minimum absolute atomic E-state index is 0.0667. The molecular weight excluding hydrogens is 238 g/mol. The van der Waals surface area contributed by atoms with Crippen LogP contribution < -0.4 is 11.1 Å². The van der Waals surface area contributed by atoms with Gasteiger partial charge in [-0.1, -0.05) is 25.1 Å². The molecule has 0 fully saturated rings. The first-order valence-electron chi connectivity index (χ1n) is 6.81. The maximum Gasteiger partial charge on any atom is 0.227 e. The lowest BCUT2D eigenvalue weighted by molar-refractivity contribution is -0.122. The van der Waals surface area contributed by atoms with Crippen molar-refractivity contribution >= 4 is 16.8 Å². The van der Waals surface area contributed by atoms with Crippen LogP contribution in [0, 0.1) is 0 Å². The van der Waals surface area contributed by atoms with E-state index in [0.29, 0.717) is 19.5 Å². The van der Waals surface area contributed by atoms with Gasteiger partial charge in [-0.3, -0.25) is 4.79 Å². The summed E-state index contributed by atoms with van der Waals surface area (Å²) in [5, 5.41) is 4.07. The van der Waals surface area contributed by atoms with Gasteiger partial charge < -0.3 is 16.0 Å². The Bertz CT molecular complexity index is 547. The molecule has 0 radical (unpaired) electrons. The molecule has 1 aromatic heterocycles. The first-order chi connectivity index (χ1) is 9.27. The molecule has 1 amide bonds. The molecule has 1 heterocycles. The number of nitrogens with one attached hydrogen (secondary N) is 2. The molecule has 0 saturated heterocycles. The van der Waals surface area contributed by atoms with E-state index in [1.807, 2.05) is 37.4 Å². The molecule has 0 aliphatic heterocycles. The van der Waals surface area contributed by atoms with Gasteiger partial charge in [0.15, 0.2) is 0 Å². The van der Waals surface area contributed by atoms with Gasteiger partial charge in [0.25, 0.3) is 0 Å². The molecule has 102 valence electrons. The molecule has 1 unspecified atom stereocenters. The predicted molar refractivity (Wildman–Crippen MR) is 78.0 cm³/mol. The summed E-state index contributed by atoms with van der Waals surface area (Å²) in [5.41, 5.74) is 7.75. The molecule has 0 bridgehead atoms. The third-order valence-corrected chi connectivity index (χ3v) is 3.32. The van der Waals surface area contributed by atoms with Gasteiger partial charge in [0.05, 0.1) is 5.92 Å². The summed E-state index contributed by atoms with van der Waals surface area (Å²) in [6, 6.07) is 8.03. The number of hydrogen-bond acceptors (Lipinski definition) is 2. The van der Waals surface area contributed by atoms with Crippen molar-refractivity contribution in [1.82, 2.24) is 10.3 Å². The largest absolute Gasteiger partial charge is 0.361 e. The van der Waals surface area contributed by atoms with E-state index in [2.05, 4.69) is 10.3 Å². The van der Waals surface area contributed by atoms with Crippen LogP contribution in [0.2, 0.25) is 0 Å². The van der Waals surface area contributed by atoms with Gasteiger partial charge >= 0.3 is 0 Å². The molecule has 1 aromatic carbocycles. The number of aromatic nitrogens is 1. The fourth-order valence-corrected chi connectivity index (χ4v) is 2.35. The van der Waals surface area contributed by atoms with E-state index in [9.17, 15) is 4.79 Å². The van der Waals surface area contributed by atoms with E-state index in [1.54, 1.807) is 0 Å². The zero-order chi connectivity index (χ0) is 13.7. The standard InChI is InChI=1S/C15H21N3O/c1-2-9-17-15(19)12(7-8-16)13-10-18-14-6-4-3-5-11(13)14/h3-6,10,12,18H,2,7-9,16H2,1H3,(H,17,19). The zero-order valence-electron chi connectivity index (χ0n) is 11.3. The van der Waals surface area contributed by atoms with Crippen molar-refractivity contribution in [2.24, 2.45) is 5.73 Å². The average molecular weight is 259 g/mol. The Morgan fingerprint density at radius 2 is 2.21 bits per heavy atom. The minimum Gasteiger partial charge on any atom is -0.361 e. The quantitative estimate of drug-likeness (QED) is 0.743. The SMILES string of the molecule is CCCNC(=O)C(CCN)c1c[nH]c2ccccc12. The highest BCUT2D eigenvalue weighted by atomic mass is 16.1. The van der Waals surface area contributed by atoms with Gasteiger partial charge in [0.1, 0.15) is 0 Å². The maximum atomic E-state index is 12.3. The number of para-hydroxylation sites is 1. The Morgan fingerprint density at radius 1 is 1.42 bits per heavy atom. The number of H-pyrrole nitrogens is 1. The second-order valence-electron chi connectivity index (χ2n) is 4.71. The molecule has 4 nitrogen and oxygen atoms in total. The van der Waals surface area contributed by atoms with Crippen molar-refractivity contribution in [3.63, 3.8) is 0 Å². The van der Waals surface area contributed by atoms with Crippen LogP contribution in [-0.4, -0.2) is 24.0 Å². The van der Waals surface area contributed by atoms with Gasteiger partial charge in [0.2, 0.25) is 5.91 Å². The predicted octanol–water partition coefficient (Wildman–Crippen LogP) is 2.13. The van der Waals surface area contributed by atoms with E-state index < -0.39 is 0 Å². The number of benzene rings is 1. The van der Waals surface area contributed by atoms with Crippen molar-refractivity contribution < 1.29 is 4.79 Å². The summed E-state index contributed by atoms with van der Waals surface area (Å²) in [7, 11) is 0. The summed E-state index contributed by atoms with van der Waals surface area (Å²) < 4.78 is 0. The molecule has 2 aromatic rings. The smallest absolute Gasteiger partial charge is 0.227 e. The summed E-state index contributed by atoms with van der Waals surface area (Å²) in [6.07, 6.45) is 3.53. The topological polar surface area (TPSA) is 70.9 Å². The Morgan fingerprint density at radius 3 is 2.95 bits per heavy atom. The first-order valence-corrected chi connectivity index (χ1v) is 6.81. The van der Waals surface area contributed by atoms with Crippen LogP contribution in [0.15, 0.2) is 30.5 Å². The van der Waals surface area contributed by atoms with E-state index in [1.165, 1.54) is 0 Å². The molecule has 0 aliphatic rings. The first kappa shape index (κ1) is 13.6. The summed E-state index contributed by atoms with van der Waals surface area (Å²) in [4.78, 5) is 15.5. The number of carbonyl (C=O) groups is 1. The molecular formula is C15H21N3O. The fourth-order valence-electron chi connectivity index (χ4n) is 2.35. The van der Waals surface area contributed by atoms with Crippen LogP contribution in [-0.2, 0) is 4.79 Å². The second kappa shape index (κ2) is 6.38. The van der Waals surface area contributed by atoms with Crippen molar-refractivity contribution in [2.45, 2.75) is 25.7 Å². The van der Waals surface area contributed by atoms with Crippen LogP contribution in [0.5, 0.6) is 0 Å². The van der Waals surface area contributed by atoms with Gasteiger partial charge in [0, 0.05) is 23.6 Å². The van der Waals surface area contributed by atoms with Crippen LogP contribution in [0.4, 0.5) is 0 Å². The highest BCUT2D eigenvalue weighted by Gasteiger charge is 2.22. The Balaban J connectivity index is 2.30. The highest BCUT2D eigenvalue weighted by Crippen LogP contribution is 2.27. The average Bonchev–Trinajstić information content (AvgIpc) is 2.86. The lowest BCUT2D eigenvalue weighted by Gasteiger charge is -2.15. The Hall–Kier alpha value is -1.81. The van der Waals surface area contributed by atoms with Crippen LogP contribution in [0.3, 0.4) is 0 Å². The molecule has 4 N–H and O–H groups in total. The number of carbonyl (C=O) groups excluding carboxylic acids is 1. The normalized spacial score (nSPS) is 12.5. The second-order valence-corrected chi connectivity index (χ2v) is 4.71. The summed E-state index contributed by atoms with van der Waals surface area (Å²) in [6.45, 7) is 3.26. The molecule has 4 heteroatoms. The maximum absolute atomic E-state index is 12.3. The molecule has 0 aliphatic carbocycles.